The first-order chi connectivity index (χ1) is 8.22. The topological polar surface area (TPSA) is 78.1 Å². The Bertz CT molecular complexity index is 674. The van der Waals surface area contributed by atoms with Gasteiger partial charge in [0.1, 0.15) is 11.8 Å². The monoisotopic (exact) mass is 247 g/mol. The van der Waals surface area contributed by atoms with Crippen molar-refractivity contribution in [1.29, 1.82) is 0 Å². The summed E-state index contributed by atoms with van der Waals surface area (Å²) in [4.78, 5) is 8.45. The predicted molar refractivity (Wildman–Crippen MR) is 63.8 cm³/mol. The van der Waals surface area contributed by atoms with Crippen molar-refractivity contribution in [3.63, 3.8) is 0 Å². The first kappa shape index (κ1) is 10.2. The summed E-state index contributed by atoms with van der Waals surface area (Å²) in [6.07, 6.45) is 1.58. The van der Waals surface area contributed by atoms with E-state index < -0.39 is 0 Å². The zero-order valence-electron chi connectivity index (χ0n) is 9.01. The highest BCUT2D eigenvalue weighted by molar-refractivity contribution is 7.98. The molecule has 0 fully saturated rings. The van der Waals surface area contributed by atoms with Crippen molar-refractivity contribution in [2.24, 2.45) is 0 Å². The van der Waals surface area contributed by atoms with Crippen LogP contribution >= 0.6 is 11.8 Å². The first-order valence-electron chi connectivity index (χ1n) is 4.97. The van der Waals surface area contributed by atoms with Crippen LogP contribution in [0, 0.1) is 6.92 Å². The van der Waals surface area contributed by atoms with E-state index in [1.165, 1.54) is 11.8 Å². The molecule has 1 aromatic carbocycles. The van der Waals surface area contributed by atoms with E-state index >= 15 is 0 Å². The molecule has 0 spiro atoms. The third-order valence-electron chi connectivity index (χ3n) is 2.20. The molecule has 0 aliphatic rings. The molecular formula is C11H9N3O2S. The molecule has 0 saturated heterocycles. The molecule has 0 atom stereocenters. The van der Waals surface area contributed by atoms with Crippen LogP contribution in [-0.2, 0) is 0 Å². The molecule has 3 rings (SSSR count). The summed E-state index contributed by atoms with van der Waals surface area (Å²) >= 11 is 1.23. The summed E-state index contributed by atoms with van der Waals surface area (Å²) in [6, 6.07) is 5.44. The largest absolute Gasteiger partial charge is 0.439 e. The summed E-state index contributed by atoms with van der Waals surface area (Å²) in [5.74, 6) is 0. The molecule has 0 saturated carbocycles. The molecule has 2 heterocycles. The molecule has 3 aromatic rings. The van der Waals surface area contributed by atoms with Gasteiger partial charge in [-0.25, -0.2) is 9.97 Å². The lowest BCUT2D eigenvalue weighted by Crippen LogP contribution is -1.84. The molecular weight excluding hydrogens is 238 g/mol. The normalized spacial score (nSPS) is 11.1. The average molecular weight is 247 g/mol. The number of para-hydroxylation sites is 1. The van der Waals surface area contributed by atoms with Gasteiger partial charge in [-0.05, 0) is 19.1 Å². The highest BCUT2D eigenvalue weighted by atomic mass is 32.2. The molecule has 6 heteroatoms. The minimum atomic E-state index is 0.472. The lowest BCUT2D eigenvalue weighted by Gasteiger charge is -1.89. The molecule has 17 heavy (non-hydrogen) atoms. The van der Waals surface area contributed by atoms with Gasteiger partial charge < -0.3 is 14.6 Å². The van der Waals surface area contributed by atoms with E-state index in [1.807, 2.05) is 19.1 Å². The summed E-state index contributed by atoms with van der Waals surface area (Å²) < 4.78 is 10.7. The molecule has 0 unspecified atom stereocenters. The van der Waals surface area contributed by atoms with Gasteiger partial charge in [-0.15, -0.1) is 0 Å². The van der Waals surface area contributed by atoms with Crippen LogP contribution in [0.4, 0.5) is 5.69 Å². The summed E-state index contributed by atoms with van der Waals surface area (Å²) in [7, 11) is 0. The Morgan fingerprint density at radius 2 is 2.12 bits per heavy atom. The fourth-order valence-electron chi connectivity index (χ4n) is 1.45. The van der Waals surface area contributed by atoms with Crippen LogP contribution in [0.5, 0.6) is 0 Å². The number of aromatic nitrogens is 2. The van der Waals surface area contributed by atoms with E-state index in [9.17, 15) is 0 Å². The van der Waals surface area contributed by atoms with Crippen LogP contribution in [0.3, 0.4) is 0 Å². The van der Waals surface area contributed by atoms with Gasteiger partial charge >= 0.3 is 0 Å². The molecule has 86 valence electrons. The molecule has 0 bridgehead atoms. The Balaban J connectivity index is 1.98. The maximum Gasteiger partial charge on any atom is 0.266 e. The van der Waals surface area contributed by atoms with E-state index in [0.29, 0.717) is 27.2 Å². The maximum absolute atomic E-state index is 5.80. The van der Waals surface area contributed by atoms with Crippen LogP contribution in [-0.4, -0.2) is 9.97 Å². The molecule has 0 amide bonds. The van der Waals surface area contributed by atoms with Crippen molar-refractivity contribution in [3.05, 3.63) is 30.2 Å². The standard InChI is InChI=1S/C11H9N3O2S/c1-6-5-15-10(13-6)17-11-14-9-7(12)3-2-4-8(9)16-11/h2-5H,12H2,1H3. The van der Waals surface area contributed by atoms with Crippen molar-refractivity contribution >= 4 is 28.5 Å². The molecule has 0 aliphatic carbocycles. The van der Waals surface area contributed by atoms with E-state index in [1.54, 1.807) is 12.3 Å². The Hall–Kier alpha value is -1.95. The van der Waals surface area contributed by atoms with E-state index in [4.69, 9.17) is 14.6 Å². The lowest BCUT2D eigenvalue weighted by molar-refractivity contribution is 0.443. The third kappa shape index (κ3) is 1.87. The first-order valence-corrected chi connectivity index (χ1v) is 5.79. The van der Waals surface area contributed by atoms with Crippen molar-refractivity contribution in [2.75, 3.05) is 5.73 Å². The second-order valence-electron chi connectivity index (χ2n) is 3.53. The summed E-state index contributed by atoms with van der Waals surface area (Å²) in [5, 5.41) is 0.979. The quantitative estimate of drug-likeness (QED) is 0.701. The number of hydrogen-bond acceptors (Lipinski definition) is 6. The van der Waals surface area contributed by atoms with Gasteiger partial charge in [-0.3, -0.25) is 0 Å². The van der Waals surface area contributed by atoms with E-state index in [0.717, 1.165) is 5.69 Å². The van der Waals surface area contributed by atoms with Crippen LogP contribution in [0.15, 0.2) is 43.7 Å². The van der Waals surface area contributed by atoms with E-state index in [2.05, 4.69) is 9.97 Å². The number of anilines is 1. The summed E-state index contributed by atoms with van der Waals surface area (Å²) in [6.45, 7) is 1.86. The Morgan fingerprint density at radius 1 is 1.24 bits per heavy atom. The van der Waals surface area contributed by atoms with Gasteiger partial charge in [-0.1, -0.05) is 6.07 Å². The number of nitrogen functional groups attached to an aromatic ring is 1. The SMILES string of the molecule is Cc1coc(Sc2nc3c(N)cccc3o2)n1. The van der Waals surface area contributed by atoms with Gasteiger partial charge in [0, 0.05) is 11.8 Å². The van der Waals surface area contributed by atoms with Gasteiger partial charge in [0.2, 0.25) is 0 Å². The Kier molecular flexibility index (Phi) is 2.29. The number of fused-ring (bicyclic) bond motifs is 1. The van der Waals surface area contributed by atoms with Crippen LogP contribution < -0.4 is 5.73 Å². The number of nitrogens with zero attached hydrogens (tertiary/aromatic N) is 2. The number of aryl methyl sites for hydroxylation is 1. The van der Waals surface area contributed by atoms with Crippen LogP contribution in [0.2, 0.25) is 0 Å². The zero-order chi connectivity index (χ0) is 11.8. The van der Waals surface area contributed by atoms with Crippen LogP contribution in [0.1, 0.15) is 5.69 Å². The van der Waals surface area contributed by atoms with Crippen molar-refractivity contribution in [2.45, 2.75) is 17.4 Å². The fourth-order valence-corrected chi connectivity index (χ4v) is 2.15. The molecule has 5 nitrogen and oxygen atoms in total. The van der Waals surface area contributed by atoms with Gasteiger partial charge in [0.05, 0.1) is 11.4 Å². The maximum atomic E-state index is 5.80. The van der Waals surface area contributed by atoms with Crippen molar-refractivity contribution < 1.29 is 8.83 Å². The molecule has 0 aliphatic heterocycles. The minimum Gasteiger partial charge on any atom is -0.439 e. The lowest BCUT2D eigenvalue weighted by atomic mass is 10.3. The van der Waals surface area contributed by atoms with Crippen molar-refractivity contribution in [1.82, 2.24) is 9.97 Å². The number of benzene rings is 1. The number of hydrogen-bond donors (Lipinski definition) is 1. The fraction of sp³-hybridized carbons (Fsp3) is 0.0909. The second kappa shape index (κ2) is 3.81. The van der Waals surface area contributed by atoms with Gasteiger partial charge in [-0.2, -0.15) is 0 Å². The Morgan fingerprint density at radius 3 is 2.82 bits per heavy atom. The van der Waals surface area contributed by atoms with Crippen LogP contribution in [0.25, 0.3) is 11.1 Å². The van der Waals surface area contributed by atoms with Gasteiger partial charge in [0.25, 0.3) is 10.4 Å². The molecule has 2 aromatic heterocycles. The van der Waals surface area contributed by atoms with Crippen molar-refractivity contribution in [3.8, 4) is 0 Å². The average Bonchev–Trinajstić information content (AvgIpc) is 2.86. The number of rotatable bonds is 2. The Labute approximate surface area is 101 Å². The zero-order valence-corrected chi connectivity index (χ0v) is 9.82. The number of oxazole rings is 2. The number of nitrogens with two attached hydrogens (primary N) is 1. The predicted octanol–water partition coefficient (Wildman–Crippen LogP) is 2.86. The van der Waals surface area contributed by atoms with Gasteiger partial charge in [0.15, 0.2) is 5.58 Å². The third-order valence-corrected chi connectivity index (χ3v) is 2.91. The molecule has 2 N–H and O–H groups in total. The summed E-state index contributed by atoms with van der Waals surface area (Å²) in [5.41, 5.74) is 8.55. The smallest absolute Gasteiger partial charge is 0.266 e. The molecule has 0 radical (unpaired) electrons. The second-order valence-corrected chi connectivity index (χ2v) is 4.43. The highest BCUT2D eigenvalue weighted by Gasteiger charge is 2.12. The minimum absolute atomic E-state index is 0.472. The van der Waals surface area contributed by atoms with E-state index in [-0.39, 0.29) is 0 Å². The highest BCUT2D eigenvalue weighted by Crippen LogP contribution is 2.30.